The number of ether oxygens (including phenoxy) is 4. The molecule has 6 nitrogen and oxygen atoms in total. The van der Waals surface area contributed by atoms with Crippen LogP contribution in [0.3, 0.4) is 0 Å². The Hall–Kier alpha value is -2.99. The lowest BCUT2D eigenvalue weighted by atomic mass is 10.0. The lowest BCUT2D eigenvalue weighted by molar-refractivity contribution is 0.0805. The minimum atomic E-state index is -0.790. The number of rotatable bonds is 14. The second-order valence-corrected chi connectivity index (χ2v) is 10.4. The van der Waals surface area contributed by atoms with Crippen LogP contribution in [-0.2, 0) is 9.47 Å². The fraction of sp³-hybridized carbons (Fsp3) is 0.500. The number of unbranched alkanes of at least 4 members (excludes halogenated alkanes) is 2. The van der Waals surface area contributed by atoms with Crippen LogP contribution < -0.4 is 9.47 Å². The molecule has 0 saturated heterocycles. The number of carbonyl (C=O) groups is 2. The van der Waals surface area contributed by atoms with E-state index in [9.17, 15) is 9.59 Å². The second kappa shape index (κ2) is 15.6. The second-order valence-electron chi connectivity index (χ2n) is 10.0. The maximum atomic E-state index is 12.8. The van der Waals surface area contributed by atoms with Gasteiger partial charge < -0.3 is 18.9 Å². The molecule has 0 aliphatic carbocycles. The standard InChI is InChI=1S/C32H41ClO6/c1-5-9-14-22(7-3)20-36-31(34)38-29-24-16-11-12-17-25(24)30(28-26(29)18-13-19-27(28)33)39-32(35)37-21-23(8-4)15-10-6-2/h11-13,16-19,22-23H,5-10,14-15,20-21H2,1-4H3. The summed E-state index contributed by atoms with van der Waals surface area (Å²) in [6, 6.07) is 12.5. The molecule has 3 aromatic rings. The zero-order valence-corrected chi connectivity index (χ0v) is 24.4. The third-order valence-corrected chi connectivity index (χ3v) is 7.55. The third kappa shape index (κ3) is 8.25. The molecule has 3 rings (SSSR count). The zero-order chi connectivity index (χ0) is 28.2. The van der Waals surface area contributed by atoms with Crippen molar-refractivity contribution in [3.63, 3.8) is 0 Å². The molecule has 0 aliphatic heterocycles. The summed E-state index contributed by atoms with van der Waals surface area (Å²) < 4.78 is 22.6. The average Bonchev–Trinajstić information content (AvgIpc) is 2.95. The maximum Gasteiger partial charge on any atom is 0.513 e. The molecule has 2 atom stereocenters. The van der Waals surface area contributed by atoms with Gasteiger partial charge in [0, 0.05) is 21.5 Å². The summed E-state index contributed by atoms with van der Waals surface area (Å²) in [7, 11) is 0. The molecule has 0 saturated carbocycles. The van der Waals surface area contributed by atoms with Crippen LogP contribution in [0.1, 0.15) is 79.1 Å². The van der Waals surface area contributed by atoms with Crippen LogP contribution in [0, 0.1) is 11.8 Å². The van der Waals surface area contributed by atoms with Crippen molar-refractivity contribution in [1.82, 2.24) is 0 Å². The topological polar surface area (TPSA) is 71.1 Å². The van der Waals surface area contributed by atoms with Crippen molar-refractivity contribution in [2.45, 2.75) is 79.1 Å². The van der Waals surface area contributed by atoms with Crippen molar-refractivity contribution in [1.29, 1.82) is 0 Å². The molecule has 0 radical (unpaired) electrons. The lowest BCUT2D eigenvalue weighted by Crippen LogP contribution is -2.18. The average molecular weight is 557 g/mol. The van der Waals surface area contributed by atoms with Crippen molar-refractivity contribution in [2.24, 2.45) is 11.8 Å². The first-order valence-corrected chi connectivity index (χ1v) is 14.6. The first-order chi connectivity index (χ1) is 18.9. The van der Waals surface area contributed by atoms with E-state index in [0.29, 0.717) is 45.5 Å². The van der Waals surface area contributed by atoms with Crippen molar-refractivity contribution in [2.75, 3.05) is 13.2 Å². The Kier molecular flexibility index (Phi) is 12.2. The van der Waals surface area contributed by atoms with Gasteiger partial charge in [-0.2, -0.15) is 0 Å². The Bertz CT molecular complexity index is 1240. The van der Waals surface area contributed by atoms with Crippen molar-refractivity contribution in [3.8, 4) is 11.5 Å². The predicted molar refractivity (Wildman–Crippen MR) is 157 cm³/mol. The van der Waals surface area contributed by atoms with Crippen LogP contribution in [0.2, 0.25) is 5.02 Å². The molecule has 0 bridgehead atoms. The van der Waals surface area contributed by atoms with E-state index >= 15 is 0 Å². The van der Waals surface area contributed by atoms with E-state index in [1.165, 1.54) is 0 Å². The van der Waals surface area contributed by atoms with Gasteiger partial charge in [-0.3, -0.25) is 0 Å². The van der Waals surface area contributed by atoms with Gasteiger partial charge in [0.2, 0.25) is 0 Å². The summed E-state index contributed by atoms with van der Waals surface area (Å²) in [5, 5.41) is 2.53. The quantitative estimate of drug-likeness (QED) is 0.112. The molecule has 0 spiro atoms. The number of carbonyl (C=O) groups excluding carboxylic acids is 2. The van der Waals surface area contributed by atoms with Gasteiger partial charge in [-0.15, -0.1) is 0 Å². The third-order valence-electron chi connectivity index (χ3n) is 7.23. The molecule has 212 valence electrons. The minimum absolute atomic E-state index is 0.268. The molecule has 0 amide bonds. The van der Waals surface area contributed by atoms with Crippen LogP contribution in [0.5, 0.6) is 11.5 Å². The van der Waals surface area contributed by atoms with Gasteiger partial charge in [0.1, 0.15) is 0 Å². The van der Waals surface area contributed by atoms with E-state index in [1.54, 1.807) is 24.3 Å². The summed E-state index contributed by atoms with van der Waals surface area (Å²) in [4.78, 5) is 25.6. The Morgan fingerprint density at radius 1 is 0.692 bits per heavy atom. The van der Waals surface area contributed by atoms with Crippen LogP contribution in [-0.4, -0.2) is 25.5 Å². The van der Waals surface area contributed by atoms with Gasteiger partial charge in [-0.1, -0.05) is 114 Å². The van der Waals surface area contributed by atoms with E-state index in [2.05, 4.69) is 27.7 Å². The number of fused-ring (bicyclic) bond motifs is 2. The Morgan fingerprint density at radius 2 is 1.18 bits per heavy atom. The molecule has 39 heavy (non-hydrogen) atoms. The highest BCUT2D eigenvalue weighted by Gasteiger charge is 2.23. The highest BCUT2D eigenvalue weighted by molar-refractivity contribution is 6.37. The highest BCUT2D eigenvalue weighted by Crippen LogP contribution is 2.45. The molecule has 0 heterocycles. The molecule has 7 heteroatoms. The number of benzene rings is 3. The molecule has 2 unspecified atom stereocenters. The molecular weight excluding hydrogens is 516 g/mol. The molecule has 0 N–H and O–H groups in total. The van der Waals surface area contributed by atoms with E-state index < -0.39 is 12.3 Å². The van der Waals surface area contributed by atoms with Crippen LogP contribution in [0.4, 0.5) is 9.59 Å². The van der Waals surface area contributed by atoms with Gasteiger partial charge in [0.05, 0.1) is 18.2 Å². The molecular formula is C32H41ClO6. The van der Waals surface area contributed by atoms with Gasteiger partial charge >= 0.3 is 12.3 Å². The number of hydrogen-bond acceptors (Lipinski definition) is 6. The Morgan fingerprint density at radius 3 is 1.69 bits per heavy atom. The van der Waals surface area contributed by atoms with Crippen LogP contribution in [0.25, 0.3) is 21.5 Å². The monoisotopic (exact) mass is 556 g/mol. The Balaban J connectivity index is 1.90. The van der Waals surface area contributed by atoms with E-state index in [0.717, 1.165) is 51.4 Å². The summed E-state index contributed by atoms with van der Waals surface area (Å²) in [5.74, 6) is 1.15. The largest absolute Gasteiger partial charge is 0.513 e. The highest BCUT2D eigenvalue weighted by atomic mass is 35.5. The first kappa shape index (κ1) is 30.6. The molecule has 3 aromatic carbocycles. The van der Waals surface area contributed by atoms with Gasteiger partial charge in [0.25, 0.3) is 0 Å². The van der Waals surface area contributed by atoms with E-state index in [-0.39, 0.29) is 17.6 Å². The predicted octanol–water partition coefficient (Wildman–Crippen LogP) is 10.1. The summed E-state index contributed by atoms with van der Waals surface area (Å²) in [5.41, 5.74) is 0. The van der Waals surface area contributed by atoms with E-state index in [4.69, 9.17) is 30.5 Å². The Labute approximate surface area is 236 Å². The fourth-order valence-electron chi connectivity index (χ4n) is 4.71. The van der Waals surface area contributed by atoms with Crippen molar-refractivity contribution in [3.05, 3.63) is 47.5 Å². The normalized spacial score (nSPS) is 12.7. The summed E-state index contributed by atoms with van der Waals surface area (Å²) in [6.07, 6.45) is 6.65. The van der Waals surface area contributed by atoms with Crippen molar-refractivity contribution < 1.29 is 28.5 Å². The van der Waals surface area contributed by atoms with E-state index in [1.807, 2.05) is 18.2 Å². The van der Waals surface area contributed by atoms with Gasteiger partial charge in [-0.05, 0) is 30.7 Å². The van der Waals surface area contributed by atoms with Crippen molar-refractivity contribution >= 4 is 45.5 Å². The number of halogens is 1. The summed E-state index contributed by atoms with van der Waals surface area (Å²) in [6.45, 7) is 9.07. The molecule has 0 aromatic heterocycles. The smallest absolute Gasteiger partial charge is 0.434 e. The lowest BCUT2D eigenvalue weighted by Gasteiger charge is -2.19. The number of hydrogen-bond donors (Lipinski definition) is 0. The molecule has 0 aliphatic rings. The SMILES string of the molecule is CCCCC(CC)COC(=O)Oc1c2ccccc2c(OC(=O)OCC(CC)CCCC)c2c(Cl)cccc12. The summed E-state index contributed by atoms with van der Waals surface area (Å²) >= 11 is 6.63. The molecule has 0 fully saturated rings. The maximum absolute atomic E-state index is 12.8. The first-order valence-electron chi connectivity index (χ1n) is 14.2. The minimum Gasteiger partial charge on any atom is -0.434 e. The van der Waals surface area contributed by atoms with Crippen LogP contribution in [0.15, 0.2) is 42.5 Å². The van der Waals surface area contributed by atoms with Crippen LogP contribution >= 0.6 is 11.6 Å². The zero-order valence-electron chi connectivity index (χ0n) is 23.6. The fourth-order valence-corrected chi connectivity index (χ4v) is 4.97. The van der Waals surface area contributed by atoms with Gasteiger partial charge in [-0.25, -0.2) is 9.59 Å². The van der Waals surface area contributed by atoms with Gasteiger partial charge in [0.15, 0.2) is 11.5 Å².